The summed E-state index contributed by atoms with van der Waals surface area (Å²) < 4.78 is 13.6. The molecule has 3 aromatic carbocycles. The lowest BCUT2D eigenvalue weighted by Gasteiger charge is -2.24. The number of rotatable bonds is 9. The summed E-state index contributed by atoms with van der Waals surface area (Å²) in [4.78, 5) is 28.7. The summed E-state index contributed by atoms with van der Waals surface area (Å²) in [5.41, 5.74) is 3.55. The van der Waals surface area contributed by atoms with E-state index >= 15 is 0 Å². The molecule has 1 aliphatic rings. The van der Waals surface area contributed by atoms with Crippen LogP contribution in [0.1, 0.15) is 31.7 Å². The minimum absolute atomic E-state index is 0.00488. The number of carbonyl (C=O) groups excluding carboxylic acids is 2. The Bertz CT molecular complexity index is 1360. The molecule has 0 bridgehead atoms. The van der Waals surface area contributed by atoms with Crippen molar-refractivity contribution in [2.24, 2.45) is 0 Å². The molecule has 9 heteroatoms. The van der Waals surface area contributed by atoms with Crippen LogP contribution in [-0.2, 0) is 4.79 Å². The van der Waals surface area contributed by atoms with Gasteiger partial charge in [0.15, 0.2) is 0 Å². The van der Waals surface area contributed by atoms with Crippen LogP contribution in [0.5, 0.6) is 0 Å². The second-order valence-corrected chi connectivity index (χ2v) is 10.1. The summed E-state index contributed by atoms with van der Waals surface area (Å²) in [6, 6.07) is 21.1. The molecule has 0 radical (unpaired) electrons. The van der Waals surface area contributed by atoms with Crippen LogP contribution in [0.4, 0.5) is 20.6 Å². The van der Waals surface area contributed by atoms with E-state index in [-0.39, 0.29) is 23.0 Å². The van der Waals surface area contributed by atoms with Gasteiger partial charge in [-0.1, -0.05) is 35.9 Å². The van der Waals surface area contributed by atoms with E-state index in [0.29, 0.717) is 23.5 Å². The molecule has 3 aromatic rings. The van der Waals surface area contributed by atoms with E-state index in [1.54, 1.807) is 11.0 Å². The molecule has 3 amide bonds. The van der Waals surface area contributed by atoms with Gasteiger partial charge in [0.1, 0.15) is 5.82 Å². The quantitative estimate of drug-likeness (QED) is 0.319. The topological polar surface area (TPSA) is 88.5 Å². The number of hydrogen-bond donors (Lipinski definition) is 2. The minimum atomic E-state index is -0.551. The van der Waals surface area contributed by atoms with Gasteiger partial charge in [0.05, 0.1) is 16.7 Å². The second kappa shape index (κ2) is 13.2. The fourth-order valence-electron chi connectivity index (χ4n) is 4.76. The molecular weight excluding hydrogens is 517 g/mol. The largest absolute Gasteiger partial charge is 0.352 e. The lowest BCUT2D eigenvalue weighted by molar-refractivity contribution is -0.119. The zero-order valence-electron chi connectivity index (χ0n) is 21.8. The molecule has 0 saturated carbocycles. The number of hydrogen-bond acceptors (Lipinski definition) is 4. The average molecular weight is 548 g/mol. The van der Waals surface area contributed by atoms with Crippen molar-refractivity contribution in [1.82, 2.24) is 10.2 Å². The lowest BCUT2D eigenvalue weighted by Crippen LogP contribution is -2.37. The van der Waals surface area contributed by atoms with Crippen molar-refractivity contribution in [2.75, 3.05) is 36.4 Å². The fourth-order valence-corrected chi connectivity index (χ4v) is 4.94. The van der Waals surface area contributed by atoms with Gasteiger partial charge in [0, 0.05) is 44.0 Å². The maximum Gasteiger partial charge on any atom is 0.326 e. The van der Waals surface area contributed by atoms with Gasteiger partial charge >= 0.3 is 6.03 Å². The normalized spacial score (nSPS) is 15.0. The van der Waals surface area contributed by atoms with Gasteiger partial charge in [0.2, 0.25) is 5.91 Å². The van der Waals surface area contributed by atoms with Crippen molar-refractivity contribution in [3.05, 3.63) is 83.1 Å². The number of unbranched alkanes of at least 4 members (excludes halogenated alkanes) is 1. The molecular formula is C30H31ClFN5O2. The highest BCUT2D eigenvalue weighted by molar-refractivity contribution is 6.31. The highest BCUT2D eigenvalue weighted by atomic mass is 35.5. The number of nitriles is 1. The summed E-state index contributed by atoms with van der Waals surface area (Å²) in [5, 5.41) is 15.0. The Morgan fingerprint density at radius 1 is 1.10 bits per heavy atom. The SMILES string of the molecule is CC(=O)N[C@@H]1CCN(CCCCN(C(=O)Nc2ccc(F)c(Cl)c2)c2ccc(-c3cccc(C#N)c3)cc2)C1. The molecule has 0 spiro atoms. The molecule has 202 valence electrons. The molecule has 4 rings (SSSR count). The molecule has 1 heterocycles. The predicted octanol–water partition coefficient (Wildman–Crippen LogP) is 6.05. The number of urea groups is 1. The highest BCUT2D eigenvalue weighted by Gasteiger charge is 2.23. The smallest absolute Gasteiger partial charge is 0.326 e. The number of amides is 3. The van der Waals surface area contributed by atoms with E-state index in [2.05, 4.69) is 21.6 Å². The van der Waals surface area contributed by atoms with Crippen molar-refractivity contribution in [2.45, 2.75) is 32.2 Å². The number of nitrogens with one attached hydrogen (secondary N) is 2. The molecule has 39 heavy (non-hydrogen) atoms. The summed E-state index contributed by atoms with van der Waals surface area (Å²) in [6.07, 6.45) is 2.60. The third-order valence-electron chi connectivity index (χ3n) is 6.71. The van der Waals surface area contributed by atoms with Crippen LogP contribution in [0.15, 0.2) is 66.7 Å². The summed E-state index contributed by atoms with van der Waals surface area (Å²) >= 11 is 5.91. The number of halogens is 2. The van der Waals surface area contributed by atoms with Crippen LogP contribution in [0.25, 0.3) is 11.1 Å². The van der Waals surface area contributed by atoms with Crippen LogP contribution in [0, 0.1) is 17.1 Å². The zero-order chi connectivity index (χ0) is 27.8. The summed E-state index contributed by atoms with van der Waals surface area (Å²) in [6.45, 7) is 4.68. The Kier molecular flexibility index (Phi) is 9.53. The van der Waals surface area contributed by atoms with Gasteiger partial charge in [-0.25, -0.2) is 9.18 Å². The van der Waals surface area contributed by atoms with Crippen molar-refractivity contribution < 1.29 is 14.0 Å². The Morgan fingerprint density at radius 3 is 2.62 bits per heavy atom. The number of benzene rings is 3. The average Bonchev–Trinajstić information content (AvgIpc) is 3.37. The second-order valence-electron chi connectivity index (χ2n) is 9.64. The molecule has 1 fully saturated rings. The molecule has 1 saturated heterocycles. The first-order valence-electron chi connectivity index (χ1n) is 13.0. The third-order valence-corrected chi connectivity index (χ3v) is 7.00. The Labute approximate surface area is 233 Å². The molecule has 0 aromatic heterocycles. The Balaban J connectivity index is 1.44. The number of anilines is 2. The fraction of sp³-hybridized carbons (Fsp3) is 0.300. The van der Waals surface area contributed by atoms with E-state index in [9.17, 15) is 19.2 Å². The van der Waals surface area contributed by atoms with E-state index < -0.39 is 5.82 Å². The van der Waals surface area contributed by atoms with E-state index in [4.69, 9.17) is 11.6 Å². The van der Waals surface area contributed by atoms with Gasteiger partial charge in [-0.05, 0) is 79.4 Å². The Morgan fingerprint density at radius 2 is 1.90 bits per heavy atom. The summed E-state index contributed by atoms with van der Waals surface area (Å²) in [7, 11) is 0. The van der Waals surface area contributed by atoms with Gasteiger partial charge in [-0.2, -0.15) is 5.26 Å². The van der Waals surface area contributed by atoms with Crippen LogP contribution in [0.2, 0.25) is 5.02 Å². The molecule has 0 unspecified atom stereocenters. The van der Waals surface area contributed by atoms with Gasteiger partial charge in [-0.3, -0.25) is 9.69 Å². The van der Waals surface area contributed by atoms with Gasteiger partial charge in [0.25, 0.3) is 0 Å². The number of nitrogens with zero attached hydrogens (tertiary/aromatic N) is 3. The van der Waals surface area contributed by atoms with E-state index in [1.807, 2.05) is 42.5 Å². The van der Waals surface area contributed by atoms with Crippen LogP contribution in [0.3, 0.4) is 0 Å². The first-order valence-corrected chi connectivity index (χ1v) is 13.3. The summed E-state index contributed by atoms with van der Waals surface area (Å²) in [5.74, 6) is -0.556. The number of likely N-dealkylation sites (tertiary alicyclic amines) is 1. The molecule has 1 atom stereocenters. The first kappa shape index (κ1) is 28.1. The minimum Gasteiger partial charge on any atom is -0.352 e. The van der Waals surface area contributed by atoms with E-state index in [0.717, 1.165) is 50.0 Å². The predicted molar refractivity (Wildman–Crippen MR) is 152 cm³/mol. The van der Waals surface area contributed by atoms with Crippen LogP contribution < -0.4 is 15.5 Å². The van der Waals surface area contributed by atoms with Crippen molar-refractivity contribution in [3.63, 3.8) is 0 Å². The third kappa shape index (κ3) is 7.79. The monoisotopic (exact) mass is 547 g/mol. The van der Waals surface area contributed by atoms with Gasteiger partial charge < -0.3 is 15.5 Å². The maximum atomic E-state index is 13.6. The Hall–Kier alpha value is -3.93. The highest BCUT2D eigenvalue weighted by Crippen LogP contribution is 2.26. The van der Waals surface area contributed by atoms with Crippen LogP contribution >= 0.6 is 11.6 Å². The molecule has 0 aliphatic carbocycles. The maximum absolute atomic E-state index is 13.6. The molecule has 1 aliphatic heterocycles. The standard InChI is InChI=1S/C30H31ClFN5O2/c1-21(38)34-26-13-16-36(20-26)14-2-3-15-37(30(39)35-25-9-12-29(32)28(31)18-25)27-10-7-23(8-11-27)24-6-4-5-22(17-24)19-33/h4-12,17-18,26H,2-3,13-16,20H2,1H3,(H,34,38)(H,35,39)/t26-/m1/s1. The molecule has 2 N–H and O–H groups in total. The van der Waals surface area contributed by atoms with Crippen molar-refractivity contribution in [3.8, 4) is 17.2 Å². The van der Waals surface area contributed by atoms with Gasteiger partial charge in [-0.15, -0.1) is 0 Å². The number of carbonyl (C=O) groups is 2. The van der Waals surface area contributed by atoms with Crippen molar-refractivity contribution in [1.29, 1.82) is 5.26 Å². The molecule has 7 nitrogen and oxygen atoms in total. The van der Waals surface area contributed by atoms with E-state index in [1.165, 1.54) is 25.1 Å². The lowest BCUT2D eigenvalue weighted by atomic mass is 10.0. The zero-order valence-corrected chi connectivity index (χ0v) is 22.5. The van der Waals surface area contributed by atoms with Crippen molar-refractivity contribution >= 4 is 34.9 Å². The van der Waals surface area contributed by atoms with Crippen LogP contribution in [-0.4, -0.2) is 49.1 Å². The first-order chi connectivity index (χ1) is 18.8.